The Balaban J connectivity index is 2.57. The van der Waals surface area contributed by atoms with Crippen LogP contribution in [0.5, 0.6) is 5.75 Å². The Morgan fingerprint density at radius 1 is 1.45 bits per heavy atom. The molecule has 7 heteroatoms. The van der Waals surface area contributed by atoms with Crippen molar-refractivity contribution in [1.29, 1.82) is 0 Å². The molecule has 0 aliphatic rings. The molecule has 0 amide bonds. The minimum absolute atomic E-state index is 0.0596. The van der Waals surface area contributed by atoms with E-state index in [1.165, 1.54) is 0 Å². The second-order valence-corrected chi connectivity index (χ2v) is 4.99. The normalized spacial score (nSPS) is 10.5. The number of thioether (sulfide) groups is 1. The van der Waals surface area contributed by atoms with Crippen molar-refractivity contribution >= 4 is 17.7 Å². The number of ether oxygens (including phenoxy) is 1. The predicted octanol–water partition coefficient (Wildman–Crippen LogP) is 2.01. The molecule has 1 heterocycles. The minimum Gasteiger partial charge on any atom is -0.496 e. The van der Waals surface area contributed by atoms with Gasteiger partial charge in [0.15, 0.2) is 5.69 Å². The Hall–Kier alpha value is -2.02. The van der Waals surface area contributed by atoms with E-state index < -0.39 is 5.97 Å². The number of para-hydroxylation sites is 1. The first-order valence-corrected chi connectivity index (χ1v) is 7.37. The molecule has 0 saturated carbocycles. The molecule has 0 saturated heterocycles. The summed E-state index contributed by atoms with van der Waals surface area (Å²) in [6, 6.07) is 7.25. The number of carboxylic acid groups (broad SMARTS) is 1. The van der Waals surface area contributed by atoms with E-state index in [-0.39, 0.29) is 5.69 Å². The van der Waals surface area contributed by atoms with Crippen LogP contribution in [0, 0.1) is 0 Å². The van der Waals surface area contributed by atoms with Crippen LogP contribution in [0.4, 0.5) is 0 Å². The summed E-state index contributed by atoms with van der Waals surface area (Å²) in [6.45, 7) is 0.592. The highest BCUT2D eigenvalue weighted by Crippen LogP contribution is 2.31. The Labute approximate surface area is 120 Å². The van der Waals surface area contributed by atoms with Crippen LogP contribution < -0.4 is 4.74 Å². The van der Waals surface area contributed by atoms with Crippen LogP contribution in [-0.2, 0) is 6.54 Å². The van der Waals surface area contributed by atoms with Crippen LogP contribution in [0.3, 0.4) is 0 Å². The first-order valence-electron chi connectivity index (χ1n) is 5.98. The lowest BCUT2D eigenvalue weighted by atomic mass is 10.1. The van der Waals surface area contributed by atoms with Gasteiger partial charge in [0.2, 0.25) is 0 Å². The first kappa shape index (κ1) is 14.4. The van der Waals surface area contributed by atoms with Crippen molar-refractivity contribution in [2.75, 3.05) is 19.1 Å². The fourth-order valence-electron chi connectivity index (χ4n) is 1.90. The number of benzene rings is 1. The summed E-state index contributed by atoms with van der Waals surface area (Å²) in [7, 11) is 1.55. The molecule has 0 fully saturated rings. The number of hydrogen-bond donors (Lipinski definition) is 1. The van der Waals surface area contributed by atoms with Gasteiger partial charge < -0.3 is 9.84 Å². The topological polar surface area (TPSA) is 77.2 Å². The molecule has 0 aliphatic carbocycles. The molecule has 1 aromatic carbocycles. The van der Waals surface area contributed by atoms with Crippen molar-refractivity contribution < 1.29 is 14.6 Å². The summed E-state index contributed by atoms with van der Waals surface area (Å²) in [4.78, 5) is 11.3. The molecule has 6 nitrogen and oxygen atoms in total. The quantitative estimate of drug-likeness (QED) is 0.878. The number of nitrogens with zero attached hydrogens (tertiary/aromatic N) is 3. The Bertz CT molecular complexity index is 613. The average Bonchev–Trinajstić information content (AvgIpc) is 2.88. The van der Waals surface area contributed by atoms with E-state index in [9.17, 15) is 9.90 Å². The summed E-state index contributed by atoms with van der Waals surface area (Å²) in [5, 5.41) is 17.0. The lowest BCUT2D eigenvalue weighted by Crippen LogP contribution is -2.07. The lowest BCUT2D eigenvalue weighted by Gasteiger charge is -2.10. The molecule has 2 aromatic rings. The molecule has 0 spiro atoms. The Morgan fingerprint density at radius 3 is 2.85 bits per heavy atom. The predicted molar refractivity (Wildman–Crippen MR) is 77.4 cm³/mol. The van der Waals surface area contributed by atoms with Gasteiger partial charge in [0, 0.05) is 11.3 Å². The molecule has 0 radical (unpaired) electrons. The van der Waals surface area contributed by atoms with E-state index >= 15 is 0 Å². The van der Waals surface area contributed by atoms with Gasteiger partial charge in [-0.3, -0.25) is 0 Å². The average molecular weight is 293 g/mol. The standard InChI is InChI=1S/C13H15N3O3S/c1-19-10-6-4-3-5-9(10)12-11(13(17)18)14-15-16(12)7-8-20-2/h3-6H,7-8H2,1-2H3,(H,17,18). The third-order valence-electron chi connectivity index (χ3n) is 2.81. The van der Waals surface area contributed by atoms with Gasteiger partial charge >= 0.3 is 5.97 Å². The number of hydrogen-bond acceptors (Lipinski definition) is 5. The zero-order valence-corrected chi connectivity index (χ0v) is 12.1. The highest BCUT2D eigenvalue weighted by atomic mass is 32.2. The van der Waals surface area contributed by atoms with E-state index in [1.54, 1.807) is 35.7 Å². The van der Waals surface area contributed by atoms with Gasteiger partial charge in [0.1, 0.15) is 11.4 Å². The summed E-state index contributed by atoms with van der Waals surface area (Å²) in [5.41, 5.74) is 1.10. The van der Waals surface area contributed by atoms with E-state index in [0.717, 1.165) is 5.75 Å². The van der Waals surface area contributed by atoms with Crippen molar-refractivity contribution in [1.82, 2.24) is 15.0 Å². The summed E-state index contributed by atoms with van der Waals surface area (Å²) < 4.78 is 6.91. The third-order valence-corrected chi connectivity index (χ3v) is 3.40. The molecule has 0 unspecified atom stereocenters. The van der Waals surface area contributed by atoms with Crippen LogP contribution in [0.25, 0.3) is 11.3 Å². The van der Waals surface area contributed by atoms with Gasteiger partial charge in [0.05, 0.1) is 13.7 Å². The number of aromatic nitrogens is 3. The van der Waals surface area contributed by atoms with E-state index in [1.807, 2.05) is 18.4 Å². The fourth-order valence-corrected chi connectivity index (χ4v) is 2.25. The minimum atomic E-state index is -1.10. The van der Waals surface area contributed by atoms with Crippen molar-refractivity contribution in [3.8, 4) is 17.0 Å². The second-order valence-electron chi connectivity index (χ2n) is 4.01. The van der Waals surface area contributed by atoms with E-state index in [4.69, 9.17) is 4.74 Å². The molecule has 1 N–H and O–H groups in total. The van der Waals surface area contributed by atoms with Gasteiger partial charge in [-0.15, -0.1) is 5.10 Å². The van der Waals surface area contributed by atoms with Crippen LogP contribution >= 0.6 is 11.8 Å². The van der Waals surface area contributed by atoms with Crippen LogP contribution in [0.2, 0.25) is 0 Å². The molecule has 2 rings (SSSR count). The Kier molecular flexibility index (Phi) is 4.62. The SMILES string of the molecule is COc1ccccc1-c1c(C(=O)O)nnn1CCSC. The first-order chi connectivity index (χ1) is 9.69. The highest BCUT2D eigenvalue weighted by molar-refractivity contribution is 7.98. The van der Waals surface area contributed by atoms with E-state index in [2.05, 4.69) is 10.3 Å². The maximum Gasteiger partial charge on any atom is 0.358 e. The van der Waals surface area contributed by atoms with Gasteiger partial charge in [-0.1, -0.05) is 17.3 Å². The van der Waals surface area contributed by atoms with Crippen LogP contribution in [-0.4, -0.2) is 45.2 Å². The molecule has 106 valence electrons. The number of methoxy groups -OCH3 is 1. The summed E-state index contributed by atoms with van der Waals surface area (Å²) in [6.07, 6.45) is 1.98. The van der Waals surface area contributed by atoms with Crippen molar-refractivity contribution in [3.05, 3.63) is 30.0 Å². The van der Waals surface area contributed by atoms with Gasteiger partial charge in [-0.25, -0.2) is 9.48 Å². The second kappa shape index (κ2) is 6.42. The van der Waals surface area contributed by atoms with Gasteiger partial charge in [-0.05, 0) is 18.4 Å². The fraction of sp³-hybridized carbons (Fsp3) is 0.308. The largest absolute Gasteiger partial charge is 0.496 e. The Morgan fingerprint density at radius 2 is 2.20 bits per heavy atom. The highest BCUT2D eigenvalue weighted by Gasteiger charge is 2.22. The van der Waals surface area contributed by atoms with Crippen molar-refractivity contribution in [3.63, 3.8) is 0 Å². The maximum absolute atomic E-state index is 11.3. The van der Waals surface area contributed by atoms with Crippen molar-refractivity contribution in [2.45, 2.75) is 6.54 Å². The third kappa shape index (κ3) is 2.77. The van der Waals surface area contributed by atoms with Crippen LogP contribution in [0.15, 0.2) is 24.3 Å². The molecule has 0 bridgehead atoms. The van der Waals surface area contributed by atoms with Gasteiger partial charge in [0.25, 0.3) is 0 Å². The number of rotatable bonds is 6. The monoisotopic (exact) mass is 293 g/mol. The summed E-state index contributed by atoms with van der Waals surface area (Å²) >= 11 is 1.66. The zero-order valence-electron chi connectivity index (χ0n) is 11.2. The zero-order chi connectivity index (χ0) is 14.5. The molecule has 1 aromatic heterocycles. The van der Waals surface area contributed by atoms with Crippen molar-refractivity contribution in [2.24, 2.45) is 0 Å². The molecule has 20 heavy (non-hydrogen) atoms. The van der Waals surface area contributed by atoms with Gasteiger partial charge in [-0.2, -0.15) is 11.8 Å². The molecule has 0 aliphatic heterocycles. The number of carboxylic acids is 1. The molecular weight excluding hydrogens is 278 g/mol. The number of aryl methyl sites for hydroxylation is 1. The van der Waals surface area contributed by atoms with Crippen LogP contribution in [0.1, 0.15) is 10.5 Å². The maximum atomic E-state index is 11.3. The number of aromatic carboxylic acids is 1. The smallest absolute Gasteiger partial charge is 0.358 e. The molecule has 0 atom stereocenters. The van der Waals surface area contributed by atoms with E-state index in [0.29, 0.717) is 23.6 Å². The molecular formula is C13H15N3O3S. The lowest BCUT2D eigenvalue weighted by molar-refractivity contribution is 0.0691. The number of carbonyl (C=O) groups is 1. The summed E-state index contributed by atoms with van der Waals surface area (Å²) in [5.74, 6) is 0.328.